The number of aliphatic carboxylic acids is 1. The molecule has 5 nitrogen and oxygen atoms in total. The van der Waals surface area contributed by atoms with Gasteiger partial charge in [0.2, 0.25) is 0 Å². The molecule has 2 fully saturated rings. The van der Waals surface area contributed by atoms with Crippen molar-refractivity contribution < 1.29 is 9.90 Å². The van der Waals surface area contributed by atoms with Crippen LogP contribution in [0, 0.1) is 5.92 Å². The first-order valence-corrected chi connectivity index (χ1v) is 8.23. The number of aromatic nitrogens is 1. The molecule has 0 unspecified atom stereocenters. The summed E-state index contributed by atoms with van der Waals surface area (Å²) in [6.07, 6.45) is 8.09. The quantitative estimate of drug-likeness (QED) is 0.788. The first-order valence-electron chi connectivity index (χ1n) is 7.43. The summed E-state index contributed by atoms with van der Waals surface area (Å²) in [6.45, 7) is 1.12. The number of halogens is 1. The van der Waals surface area contributed by atoms with Crippen LogP contribution in [0.25, 0.3) is 0 Å². The fourth-order valence-corrected chi connectivity index (χ4v) is 3.23. The Labute approximate surface area is 132 Å². The molecule has 1 aromatic heterocycles. The number of hydrogen-bond acceptors (Lipinski definition) is 4. The van der Waals surface area contributed by atoms with Crippen molar-refractivity contribution in [1.82, 2.24) is 9.88 Å². The minimum absolute atomic E-state index is 0.173. The van der Waals surface area contributed by atoms with Crippen molar-refractivity contribution in [3.63, 3.8) is 0 Å². The third kappa shape index (κ3) is 3.95. The zero-order valence-corrected chi connectivity index (χ0v) is 13.4. The van der Waals surface area contributed by atoms with Gasteiger partial charge in [-0.15, -0.1) is 0 Å². The molecule has 114 valence electrons. The molecule has 2 aliphatic rings. The van der Waals surface area contributed by atoms with E-state index in [1.165, 1.54) is 12.8 Å². The summed E-state index contributed by atoms with van der Waals surface area (Å²) in [7, 11) is 0. The second kappa shape index (κ2) is 6.32. The normalized spacial score (nSPS) is 24.7. The summed E-state index contributed by atoms with van der Waals surface area (Å²) >= 11 is 3.48. The second-order valence-electron chi connectivity index (χ2n) is 6.09. The van der Waals surface area contributed by atoms with Gasteiger partial charge in [0, 0.05) is 31.0 Å². The SMILES string of the molecule is O=C(O)CN(CC1CC1)C1CC(Nc2ccncc2Br)C1. The Morgan fingerprint density at radius 1 is 1.48 bits per heavy atom. The molecule has 2 N–H and O–H groups in total. The van der Waals surface area contributed by atoms with Gasteiger partial charge in [-0.1, -0.05) is 0 Å². The molecule has 0 atom stereocenters. The molecule has 1 heterocycles. The summed E-state index contributed by atoms with van der Waals surface area (Å²) in [6, 6.07) is 2.78. The topological polar surface area (TPSA) is 65.5 Å². The number of anilines is 1. The Bertz CT molecular complexity index is 515. The van der Waals surface area contributed by atoms with E-state index in [4.69, 9.17) is 5.11 Å². The van der Waals surface area contributed by atoms with E-state index in [0.29, 0.717) is 12.1 Å². The fraction of sp³-hybridized carbons (Fsp3) is 0.600. The van der Waals surface area contributed by atoms with Crippen LogP contribution in [0.5, 0.6) is 0 Å². The first-order chi connectivity index (χ1) is 10.1. The van der Waals surface area contributed by atoms with Crippen LogP contribution in [0.2, 0.25) is 0 Å². The van der Waals surface area contributed by atoms with Gasteiger partial charge in [-0.25, -0.2) is 0 Å². The lowest BCUT2D eigenvalue weighted by Crippen LogP contribution is -2.52. The number of hydrogen-bond donors (Lipinski definition) is 2. The number of pyridine rings is 1. The van der Waals surface area contributed by atoms with E-state index in [1.54, 1.807) is 12.4 Å². The molecule has 21 heavy (non-hydrogen) atoms. The fourth-order valence-electron chi connectivity index (χ4n) is 2.86. The molecule has 0 amide bonds. The molecule has 1 aromatic rings. The van der Waals surface area contributed by atoms with Crippen LogP contribution in [-0.2, 0) is 4.79 Å². The predicted octanol–water partition coefficient (Wildman–Crippen LogP) is 2.58. The zero-order valence-electron chi connectivity index (χ0n) is 11.8. The van der Waals surface area contributed by atoms with Crippen LogP contribution in [-0.4, -0.2) is 46.1 Å². The lowest BCUT2D eigenvalue weighted by atomic mass is 9.85. The number of nitrogens with one attached hydrogen (secondary N) is 1. The van der Waals surface area contributed by atoms with Crippen LogP contribution in [0.4, 0.5) is 5.69 Å². The molecule has 0 saturated heterocycles. The maximum atomic E-state index is 11.0. The van der Waals surface area contributed by atoms with Gasteiger partial charge in [-0.05, 0) is 53.6 Å². The van der Waals surface area contributed by atoms with Gasteiger partial charge in [-0.2, -0.15) is 0 Å². The largest absolute Gasteiger partial charge is 0.480 e. The molecule has 6 heteroatoms. The average Bonchev–Trinajstić information content (AvgIpc) is 3.18. The van der Waals surface area contributed by atoms with Crippen LogP contribution >= 0.6 is 15.9 Å². The average molecular weight is 354 g/mol. The van der Waals surface area contributed by atoms with Crippen LogP contribution in [0.1, 0.15) is 25.7 Å². The monoisotopic (exact) mass is 353 g/mol. The maximum absolute atomic E-state index is 11.0. The molecule has 0 bridgehead atoms. The summed E-state index contributed by atoms with van der Waals surface area (Å²) in [5, 5.41) is 12.5. The number of carboxylic acids is 1. The lowest BCUT2D eigenvalue weighted by molar-refractivity contribution is -0.139. The van der Waals surface area contributed by atoms with Crippen molar-refractivity contribution in [1.29, 1.82) is 0 Å². The van der Waals surface area contributed by atoms with Gasteiger partial charge < -0.3 is 10.4 Å². The minimum Gasteiger partial charge on any atom is -0.480 e. The highest BCUT2D eigenvalue weighted by molar-refractivity contribution is 9.10. The van der Waals surface area contributed by atoms with Gasteiger partial charge in [0.1, 0.15) is 0 Å². The van der Waals surface area contributed by atoms with Gasteiger partial charge in [0.25, 0.3) is 0 Å². The molecular weight excluding hydrogens is 334 g/mol. The maximum Gasteiger partial charge on any atom is 0.317 e. The highest BCUT2D eigenvalue weighted by Gasteiger charge is 2.37. The van der Waals surface area contributed by atoms with Crippen molar-refractivity contribution in [3.05, 3.63) is 22.9 Å². The molecule has 0 aromatic carbocycles. The number of carbonyl (C=O) groups is 1. The lowest BCUT2D eigenvalue weighted by Gasteiger charge is -2.43. The van der Waals surface area contributed by atoms with Gasteiger partial charge in [0.05, 0.1) is 16.7 Å². The Morgan fingerprint density at radius 2 is 2.24 bits per heavy atom. The number of rotatable bonds is 7. The zero-order chi connectivity index (χ0) is 14.8. The van der Waals surface area contributed by atoms with Crippen molar-refractivity contribution in [3.8, 4) is 0 Å². The van der Waals surface area contributed by atoms with Gasteiger partial charge in [0.15, 0.2) is 0 Å². The predicted molar refractivity (Wildman–Crippen MR) is 84.3 cm³/mol. The van der Waals surface area contributed by atoms with Gasteiger partial charge >= 0.3 is 5.97 Å². The highest BCUT2D eigenvalue weighted by atomic mass is 79.9. The molecule has 2 aliphatic carbocycles. The Hall–Kier alpha value is -1.14. The molecule has 0 spiro atoms. The van der Waals surface area contributed by atoms with E-state index in [1.807, 2.05) is 6.07 Å². The third-order valence-corrected chi connectivity index (χ3v) is 4.92. The summed E-state index contributed by atoms with van der Waals surface area (Å²) in [5.74, 6) is 0.00892. The minimum atomic E-state index is -0.719. The molecule has 0 aliphatic heterocycles. The van der Waals surface area contributed by atoms with E-state index < -0.39 is 5.97 Å². The van der Waals surface area contributed by atoms with E-state index in [2.05, 4.69) is 31.1 Å². The molecular formula is C15H20BrN3O2. The van der Waals surface area contributed by atoms with Crippen molar-refractivity contribution in [2.75, 3.05) is 18.4 Å². The number of carboxylic acid groups (broad SMARTS) is 1. The third-order valence-electron chi connectivity index (χ3n) is 4.29. The van der Waals surface area contributed by atoms with Crippen molar-refractivity contribution >= 4 is 27.6 Å². The van der Waals surface area contributed by atoms with Crippen molar-refractivity contribution in [2.45, 2.75) is 37.8 Å². The van der Waals surface area contributed by atoms with Crippen LogP contribution < -0.4 is 5.32 Å². The summed E-state index contributed by atoms with van der Waals surface area (Å²) in [4.78, 5) is 17.2. The summed E-state index contributed by atoms with van der Waals surface area (Å²) in [5.41, 5.74) is 1.06. The van der Waals surface area contributed by atoms with Crippen LogP contribution in [0.3, 0.4) is 0 Å². The van der Waals surface area contributed by atoms with E-state index in [-0.39, 0.29) is 6.54 Å². The molecule has 0 radical (unpaired) electrons. The van der Waals surface area contributed by atoms with Crippen LogP contribution in [0.15, 0.2) is 22.9 Å². The first kappa shape index (κ1) is 14.8. The standard InChI is InChI=1S/C15H20BrN3O2/c16-13-7-17-4-3-14(13)18-11-5-12(6-11)19(9-15(20)21)8-10-1-2-10/h3-4,7,10-12H,1-2,5-6,8-9H2,(H,17,18)(H,20,21). The molecule has 2 saturated carbocycles. The Morgan fingerprint density at radius 3 is 2.86 bits per heavy atom. The van der Waals surface area contributed by atoms with E-state index >= 15 is 0 Å². The molecule has 3 rings (SSSR count). The smallest absolute Gasteiger partial charge is 0.317 e. The summed E-state index contributed by atoms with van der Waals surface area (Å²) < 4.78 is 0.967. The van der Waals surface area contributed by atoms with E-state index in [0.717, 1.165) is 35.5 Å². The number of nitrogens with zero attached hydrogens (tertiary/aromatic N) is 2. The van der Waals surface area contributed by atoms with Crippen molar-refractivity contribution in [2.24, 2.45) is 5.92 Å². The Kier molecular flexibility index (Phi) is 4.45. The second-order valence-corrected chi connectivity index (χ2v) is 6.94. The highest BCUT2D eigenvalue weighted by Crippen LogP contribution is 2.35. The van der Waals surface area contributed by atoms with Gasteiger partial charge in [-0.3, -0.25) is 14.7 Å². The Balaban J connectivity index is 1.51. The van der Waals surface area contributed by atoms with E-state index in [9.17, 15) is 4.79 Å².